The van der Waals surface area contributed by atoms with Crippen LogP contribution in [0.25, 0.3) is 5.65 Å². The second-order valence-corrected chi connectivity index (χ2v) is 3.27. The molecule has 0 aromatic carbocycles. The Hall–Kier alpha value is -1.69. The van der Waals surface area contributed by atoms with Gasteiger partial charge < -0.3 is 5.32 Å². The maximum atomic E-state index is 11.7. The van der Waals surface area contributed by atoms with Gasteiger partial charge in [0.25, 0.3) is 0 Å². The zero-order valence-electron chi connectivity index (χ0n) is 8.55. The molecule has 2 rings (SSSR count). The van der Waals surface area contributed by atoms with E-state index < -0.39 is 0 Å². The van der Waals surface area contributed by atoms with Crippen LogP contribution in [0.1, 0.15) is 6.42 Å². The van der Waals surface area contributed by atoms with Crippen LogP contribution < -0.4 is 11.0 Å². The summed E-state index contributed by atoms with van der Waals surface area (Å²) in [5, 5.41) is 7.19. The first-order valence-corrected chi connectivity index (χ1v) is 4.86. The Bertz CT molecular complexity index is 500. The third-order valence-corrected chi connectivity index (χ3v) is 2.19. The van der Waals surface area contributed by atoms with Crippen molar-refractivity contribution in [2.45, 2.75) is 13.0 Å². The molecule has 15 heavy (non-hydrogen) atoms. The monoisotopic (exact) mass is 207 g/mol. The van der Waals surface area contributed by atoms with Crippen molar-refractivity contribution in [2.75, 3.05) is 13.6 Å². The summed E-state index contributed by atoms with van der Waals surface area (Å²) in [6.45, 7) is 1.50. The predicted octanol–water partition coefficient (Wildman–Crippen LogP) is -0.500. The van der Waals surface area contributed by atoms with Gasteiger partial charge in [-0.15, -0.1) is 5.10 Å². The first-order chi connectivity index (χ1) is 7.33. The Labute approximate surface area is 86.6 Å². The average Bonchev–Trinajstić information content (AvgIpc) is 2.57. The van der Waals surface area contributed by atoms with Crippen LogP contribution in [0, 0.1) is 0 Å². The minimum Gasteiger partial charge on any atom is -0.320 e. The van der Waals surface area contributed by atoms with Crippen molar-refractivity contribution in [3.63, 3.8) is 0 Å². The second kappa shape index (κ2) is 4.22. The van der Waals surface area contributed by atoms with E-state index in [4.69, 9.17) is 0 Å². The lowest BCUT2D eigenvalue weighted by molar-refractivity contribution is 0.547. The summed E-state index contributed by atoms with van der Waals surface area (Å²) in [5.74, 6) is 0. The van der Waals surface area contributed by atoms with Crippen LogP contribution in [0.5, 0.6) is 0 Å². The highest BCUT2D eigenvalue weighted by molar-refractivity contribution is 5.31. The number of rotatable bonds is 4. The van der Waals surface area contributed by atoms with Gasteiger partial charge in [-0.25, -0.2) is 13.9 Å². The van der Waals surface area contributed by atoms with E-state index in [1.165, 1.54) is 9.08 Å². The molecular formula is C9H13N5O. The molecule has 0 amide bonds. The maximum Gasteiger partial charge on any atom is 0.350 e. The molecule has 0 saturated carbocycles. The molecule has 2 heterocycles. The molecule has 0 atom stereocenters. The number of fused-ring (bicyclic) bond motifs is 1. The van der Waals surface area contributed by atoms with Crippen molar-refractivity contribution in [3.8, 4) is 0 Å². The molecule has 2 aromatic rings. The molecule has 0 saturated heterocycles. The van der Waals surface area contributed by atoms with Crippen molar-refractivity contribution in [3.05, 3.63) is 29.1 Å². The lowest BCUT2D eigenvalue weighted by Gasteiger charge is -1.97. The van der Waals surface area contributed by atoms with Crippen LogP contribution >= 0.6 is 0 Å². The summed E-state index contributed by atoms with van der Waals surface area (Å²) in [5.41, 5.74) is 0.482. The molecule has 6 heteroatoms. The largest absolute Gasteiger partial charge is 0.350 e. The molecule has 1 N–H and O–H groups in total. The highest BCUT2D eigenvalue weighted by Gasteiger charge is 2.04. The van der Waals surface area contributed by atoms with Crippen LogP contribution in [0.15, 0.2) is 23.4 Å². The zero-order chi connectivity index (χ0) is 10.7. The van der Waals surface area contributed by atoms with E-state index >= 15 is 0 Å². The van der Waals surface area contributed by atoms with Gasteiger partial charge in [0.1, 0.15) is 0 Å². The van der Waals surface area contributed by atoms with Crippen molar-refractivity contribution in [1.29, 1.82) is 0 Å². The summed E-state index contributed by atoms with van der Waals surface area (Å²) in [7, 11) is 1.89. The van der Waals surface area contributed by atoms with Crippen LogP contribution in [0.4, 0.5) is 0 Å². The lowest BCUT2D eigenvalue weighted by Crippen LogP contribution is -2.22. The highest BCUT2D eigenvalue weighted by Crippen LogP contribution is 1.92. The summed E-state index contributed by atoms with van der Waals surface area (Å²) < 4.78 is 2.96. The normalized spacial score (nSPS) is 11.0. The van der Waals surface area contributed by atoms with Gasteiger partial charge in [-0.05, 0) is 20.0 Å². The Kier molecular flexibility index (Phi) is 2.77. The van der Waals surface area contributed by atoms with Crippen molar-refractivity contribution >= 4 is 5.65 Å². The van der Waals surface area contributed by atoms with Crippen LogP contribution in [0.2, 0.25) is 0 Å². The topological polar surface area (TPSA) is 64.2 Å². The predicted molar refractivity (Wildman–Crippen MR) is 55.8 cm³/mol. The molecule has 0 aliphatic heterocycles. The summed E-state index contributed by atoms with van der Waals surface area (Å²) in [4.78, 5) is 15.7. The minimum atomic E-state index is -0.108. The molecule has 0 bridgehead atoms. The number of aromatic nitrogens is 4. The van der Waals surface area contributed by atoms with Crippen LogP contribution in [0.3, 0.4) is 0 Å². The van der Waals surface area contributed by atoms with Gasteiger partial charge in [0.15, 0.2) is 5.65 Å². The zero-order valence-corrected chi connectivity index (χ0v) is 8.55. The Morgan fingerprint density at radius 1 is 1.53 bits per heavy atom. The van der Waals surface area contributed by atoms with Gasteiger partial charge in [-0.1, -0.05) is 0 Å². The number of nitrogens with zero attached hydrogens (tertiary/aromatic N) is 4. The fourth-order valence-electron chi connectivity index (χ4n) is 1.43. The SMILES string of the molecule is CNCCCn1nc2cnccn2c1=O. The smallest absolute Gasteiger partial charge is 0.320 e. The fourth-order valence-corrected chi connectivity index (χ4v) is 1.43. The molecule has 0 radical (unpaired) electrons. The first-order valence-electron chi connectivity index (χ1n) is 4.86. The van der Waals surface area contributed by atoms with E-state index in [2.05, 4.69) is 15.4 Å². The summed E-state index contributed by atoms with van der Waals surface area (Å²) >= 11 is 0. The van der Waals surface area contributed by atoms with E-state index in [0.717, 1.165) is 13.0 Å². The van der Waals surface area contributed by atoms with E-state index in [1.54, 1.807) is 18.6 Å². The van der Waals surface area contributed by atoms with Gasteiger partial charge >= 0.3 is 5.69 Å². The van der Waals surface area contributed by atoms with Crippen LogP contribution in [-0.4, -0.2) is 32.8 Å². The molecule has 80 valence electrons. The average molecular weight is 207 g/mol. The number of aryl methyl sites for hydroxylation is 1. The number of hydrogen-bond acceptors (Lipinski definition) is 4. The quantitative estimate of drug-likeness (QED) is 0.686. The van der Waals surface area contributed by atoms with E-state index in [-0.39, 0.29) is 5.69 Å². The van der Waals surface area contributed by atoms with Gasteiger partial charge in [0.2, 0.25) is 0 Å². The van der Waals surface area contributed by atoms with Gasteiger partial charge in [0, 0.05) is 18.9 Å². The van der Waals surface area contributed by atoms with Crippen LogP contribution in [-0.2, 0) is 6.54 Å². The minimum absolute atomic E-state index is 0.108. The number of hydrogen-bond donors (Lipinski definition) is 1. The second-order valence-electron chi connectivity index (χ2n) is 3.27. The Balaban J connectivity index is 2.28. The molecule has 0 aliphatic rings. The molecule has 6 nitrogen and oxygen atoms in total. The van der Waals surface area contributed by atoms with E-state index in [9.17, 15) is 4.79 Å². The summed E-state index contributed by atoms with van der Waals surface area (Å²) in [6.07, 6.45) is 5.66. The molecular weight excluding hydrogens is 194 g/mol. The first kappa shape index (κ1) is 9.85. The molecule has 0 spiro atoms. The third kappa shape index (κ3) is 1.89. The highest BCUT2D eigenvalue weighted by atomic mass is 16.2. The summed E-state index contributed by atoms with van der Waals surface area (Å²) in [6, 6.07) is 0. The van der Waals surface area contributed by atoms with Gasteiger partial charge in [-0.2, -0.15) is 0 Å². The molecule has 0 fully saturated rings. The van der Waals surface area contributed by atoms with Gasteiger partial charge in [-0.3, -0.25) is 4.98 Å². The maximum absolute atomic E-state index is 11.7. The fraction of sp³-hybridized carbons (Fsp3) is 0.444. The Morgan fingerprint density at radius 2 is 2.40 bits per heavy atom. The van der Waals surface area contributed by atoms with Crippen molar-refractivity contribution in [1.82, 2.24) is 24.5 Å². The van der Waals surface area contributed by atoms with Crippen molar-refractivity contribution < 1.29 is 0 Å². The van der Waals surface area contributed by atoms with Gasteiger partial charge in [0.05, 0.1) is 6.20 Å². The molecule has 2 aromatic heterocycles. The molecule has 0 aliphatic carbocycles. The molecule has 0 unspecified atom stereocenters. The standard InChI is InChI=1S/C9H13N5O/c1-10-3-2-5-14-9(15)13-6-4-11-7-8(13)12-14/h4,6-7,10H,2-3,5H2,1H3. The lowest BCUT2D eigenvalue weighted by atomic mass is 10.4. The van der Waals surface area contributed by atoms with E-state index in [1.807, 2.05) is 7.05 Å². The Morgan fingerprint density at radius 3 is 3.13 bits per heavy atom. The van der Waals surface area contributed by atoms with Crippen molar-refractivity contribution in [2.24, 2.45) is 0 Å². The van der Waals surface area contributed by atoms with E-state index in [0.29, 0.717) is 12.2 Å². The third-order valence-electron chi connectivity index (χ3n) is 2.19. The number of nitrogens with one attached hydrogen (secondary N) is 1.